The van der Waals surface area contributed by atoms with Gasteiger partial charge in [-0.3, -0.25) is 9.78 Å². The van der Waals surface area contributed by atoms with E-state index in [-0.39, 0.29) is 0 Å². The van der Waals surface area contributed by atoms with Crippen molar-refractivity contribution in [3.8, 4) is 0 Å². The lowest BCUT2D eigenvalue weighted by atomic mass is 10.2. The van der Waals surface area contributed by atoms with Gasteiger partial charge in [0.2, 0.25) is 6.41 Å². The van der Waals surface area contributed by atoms with Crippen LogP contribution in [-0.4, -0.2) is 18.4 Å². The predicted molar refractivity (Wildman–Crippen MR) is 46.7 cm³/mol. The third kappa shape index (κ3) is 1.95. The number of rotatable bonds is 4. The molecule has 0 aliphatic heterocycles. The van der Waals surface area contributed by atoms with E-state index in [1.807, 2.05) is 13.1 Å². The smallest absolute Gasteiger partial charge is 0.207 e. The second-order valence-corrected chi connectivity index (χ2v) is 2.28. The molecule has 0 saturated heterocycles. The van der Waals surface area contributed by atoms with Crippen LogP contribution in [0.25, 0.3) is 0 Å². The van der Waals surface area contributed by atoms with Gasteiger partial charge in [0.1, 0.15) is 0 Å². The highest BCUT2D eigenvalue weighted by atomic mass is 16.1. The molecule has 1 aromatic heterocycles. The molecule has 0 aliphatic carbocycles. The molecule has 1 rings (SSSR count). The number of aromatic nitrogens is 1. The summed E-state index contributed by atoms with van der Waals surface area (Å²) in [6, 6.07) is 1.86. The van der Waals surface area contributed by atoms with E-state index in [4.69, 9.17) is 0 Å². The molecule has 0 aromatic carbocycles. The fourth-order valence-electron chi connectivity index (χ4n) is 0.964. The molecule has 0 aliphatic rings. The lowest BCUT2D eigenvalue weighted by Gasteiger charge is -2.06. The van der Waals surface area contributed by atoms with Gasteiger partial charge in [-0.1, -0.05) is 0 Å². The number of amides is 1. The number of carbonyl (C=O) groups is 1. The fraction of sp³-hybridized carbons (Fsp3) is 0.250. The summed E-state index contributed by atoms with van der Waals surface area (Å²) in [7, 11) is 1.83. The summed E-state index contributed by atoms with van der Waals surface area (Å²) in [5.41, 5.74) is 1.96. The maximum atomic E-state index is 10.0. The van der Waals surface area contributed by atoms with Crippen LogP contribution in [0.15, 0.2) is 18.5 Å². The van der Waals surface area contributed by atoms with Crippen LogP contribution in [0.2, 0.25) is 0 Å². The van der Waals surface area contributed by atoms with Crippen molar-refractivity contribution in [1.82, 2.24) is 10.3 Å². The number of anilines is 1. The maximum Gasteiger partial charge on any atom is 0.207 e. The molecule has 4 heteroatoms. The normalized spacial score (nSPS) is 9.08. The van der Waals surface area contributed by atoms with E-state index >= 15 is 0 Å². The molecule has 0 saturated carbocycles. The largest absolute Gasteiger partial charge is 0.388 e. The molecule has 1 aromatic rings. The number of nitrogens with zero attached hydrogens (tertiary/aromatic N) is 1. The molecule has 12 heavy (non-hydrogen) atoms. The Kier molecular flexibility index (Phi) is 3.07. The van der Waals surface area contributed by atoms with Gasteiger partial charge < -0.3 is 10.6 Å². The van der Waals surface area contributed by atoms with Crippen molar-refractivity contribution >= 4 is 12.1 Å². The van der Waals surface area contributed by atoms with Crippen molar-refractivity contribution in [3.63, 3.8) is 0 Å². The fourth-order valence-corrected chi connectivity index (χ4v) is 0.964. The van der Waals surface area contributed by atoms with Gasteiger partial charge in [-0.25, -0.2) is 0 Å². The van der Waals surface area contributed by atoms with Crippen LogP contribution >= 0.6 is 0 Å². The van der Waals surface area contributed by atoms with Gasteiger partial charge in [0.05, 0.1) is 0 Å². The summed E-state index contributed by atoms with van der Waals surface area (Å²) in [6.07, 6.45) is 4.10. The summed E-state index contributed by atoms with van der Waals surface area (Å²) in [4.78, 5) is 14.0. The Bertz CT molecular complexity index is 262. The molecular weight excluding hydrogens is 154 g/mol. The maximum absolute atomic E-state index is 10.0. The van der Waals surface area contributed by atoms with Gasteiger partial charge in [-0.2, -0.15) is 0 Å². The summed E-state index contributed by atoms with van der Waals surface area (Å²) < 4.78 is 0. The van der Waals surface area contributed by atoms with E-state index < -0.39 is 0 Å². The summed E-state index contributed by atoms with van der Waals surface area (Å²) in [6.45, 7) is 0.507. The second-order valence-electron chi connectivity index (χ2n) is 2.28. The van der Waals surface area contributed by atoms with E-state index in [1.54, 1.807) is 12.4 Å². The van der Waals surface area contributed by atoms with Crippen molar-refractivity contribution < 1.29 is 4.79 Å². The van der Waals surface area contributed by atoms with Crippen molar-refractivity contribution in [2.75, 3.05) is 12.4 Å². The van der Waals surface area contributed by atoms with Crippen molar-refractivity contribution in [1.29, 1.82) is 0 Å². The van der Waals surface area contributed by atoms with Crippen molar-refractivity contribution in [2.45, 2.75) is 6.54 Å². The molecular formula is C8H11N3O. The molecule has 0 radical (unpaired) electrons. The quantitative estimate of drug-likeness (QED) is 0.634. The third-order valence-corrected chi connectivity index (χ3v) is 1.55. The summed E-state index contributed by atoms with van der Waals surface area (Å²) in [5, 5.41) is 5.59. The Morgan fingerprint density at radius 1 is 1.67 bits per heavy atom. The third-order valence-electron chi connectivity index (χ3n) is 1.55. The summed E-state index contributed by atoms with van der Waals surface area (Å²) >= 11 is 0. The van der Waals surface area contributed by atoms with Gasteiger partial charge in [0, 0.05) is 37.2 Å². The van der Waals surface area contributed by atoms with Gasteiger partial charge in [0.25, 0.3) is 0 Å². The van der Waals surface area contributed by atoms with Crippen LogP contribution in [0, 0.1) is 0 Å². The molecule has 0 spiro atoms. The minimum Gasteiger partial charge on any atom is -0.388 e. The van der Waals surface area contributed by atoms with E-state index in [1.165, 1.54) is 0 Å². The van der Waals surface area contributed by atoms with Crippen LogP contribution in [0.1, 0.15) is 5.56 Å². The zero-order valence-electron chi connectivity index (χ0n) is 6.87. The Balaban J connectivity index is 2.74. The van der Waals surface area contributed by atoms with Crippen LogP contribution < -0.4 is 10.6 Å². The number of nitrogens with one attached hydrogen (secondary N) is 2. The zero-order chi connectivity index (χ0) is 8.81. The van der Waals surface area contributed by atoms with Crippen LogP contribution in [0.5, 0.6) is 0 Å². The minimum atomic E-state index is 0.507. The van der Waals surface area contributed by atoms with Crippen molar-refractivity contribution in [2.24, 2.45) is 0 Å². The highest BCUT2D eigenvalue weighted by molar-refractivity contribution is 5.52. The first kappa shape index (κ1) is 8.52. The Labute approximate surface area is 71.0 Å². The number of pyridine rings is 1. The number of carbonyl (C=O) groups excluding carboxylic acids is 1. The van der Waals surface area contributed by atoms with Crippen LogP contribution in [0.4, 0.5) is 5.69 Å². The highest BCUT2D eigenvalue weighted by Crippen LogP contribution is 2.11. The molecule has 64 valence electrons. The lowest BCUT2D eigenvalue weighted by molar-refractivity contribution is -0.109. The molecule has 0 bridgehead atoms. The SMILES string of the molecule is CNc1ccncc1CNC=O. The molecule has 1 amide bonds. The molecule has 2 N–H and O–H groups in total. The van der Waals surface area contributed by atoms with Gasteiger partial charge in [0.15, 0.2) is 0 Å². The number of hydrogen-bond acceptors (Lipinski definition) is 3. The first-order valence-electron chi connectivity index (χ1n) is 3.66. The van der Waals surface area contributed by atoms with Crippen LogP contribution in [-0.2, 0) is 11.3 Å². The molecule has 0 fully saturated rings. The standard InChI is InChI=1S/C8H11N3O/c1-9-8-2-3-10-4-7(8)5-11-6-12/h2-4,6H,5H2,1H3,(H,9,10)(H,11,12). The average Bonchev–Trinajstić information content (AvgIpc) is 2.15. The minimum absolute atomic E-state index is 0.507. The van der Waals surface area contributed by atoms with E-state index in [0.717, 1.165) is 11.3 Å². The second kappa shape index (κ2) is 4.33. The van der Waals surface area contributed by atoms with Gasteiger partial charge in [-0.15, -0.1) is 0 Å². The average molecular weight is 165 g/mol. The topological polar surface area (TPSA) is 54.0 Å². The van der Waals surface area contributed by atoms with Crippen LogP contribution in [0.3, 0.4) is 0 Å². The predicted octanol–water partition coefficient (Wildman–Crippen LogP) is 0.369. The molecule has 4 nitrogen and oxygen atoms in total. The Morgan fingerprint density at radius 3 is 3.17 bits per heavy atom. The molecule has 0 unspecified atom stereocenters. The van der Waals surface area contributed by atoms with E-state index in [2.05, 4.69) is 15.6 Å². The zero-order valence-corrected chi connectivity index (χ0v) is 6.87. The molecule has 1 heterocycles. The number of hydrogen-bond donors (Lipinski definition) is 2. The Hall–Kier alpha value is -1.58. The van der Waals surface area contributed by atoms with Crippen molar-refractivity contribution in [3.05, 3.63) is 24.0 Å². The Morgan fingerprint density at radius 2 is 2.50 bits per heavy atom. The first-order chi connectivity index (χ1) is 5.88. The monoisotopic (exact) mass is 165 g/mol. The highest BCUT2D eigenvalue weighted by Gasteiger charge is 1.97. The summed E-state index contributed by atoms with van der Waals surface area (Å²) in [5.74, 6) is 0. The lowest BCUT2D eigenvalue weighted by Crippen LogP contribution is -2.11. The van der Waals surface area contributed by atoms with Gasteiger partial charge in [-0.05, 0) is 6.07 Å². The first-order valence-corrected chi connectivity index (χ1v) is 3.66. The molecule has 0 atom stereocenters. The van der Waals surface area contributed by atoms with E-state index in [9.17, 15) is 4.79 Å². The van der Waals surface area contributed by atoms with E-state index in [0.29, 0.717) is 13.0 Å². The van der Waals surface area contributed by atoms with Gasteiger partial charge >= 0.3 is 0 Å².